The Morgan fingerprint density at radius 2 is 2.22 bits per heavy atom. The van der Waals surface area contributed by atoms with Crippen LogP contribution < -0.4 is 0 Å². The van der Waals surface area contributed by atoms with Gasteiger partial charge in [0, 0.05) is 23.5 Å². The topological polar surface area (TPSA) is 40.5 Å². The first-order valence-corrected chi connectivity index (χ1v) is 6.74. The van der Waals surface area contributed by atoms with Gasteiger partial charge in [-0.1, -0.05) is 12.1 Å². The van der Waals surface area contributed by atoms with Crippen molar-refractivity contribution < 1.29 is 9.90 Å². The highest BCUT2D eigenvalue weighted by molar-refractivity contribution is 7.13. The van der Waals surface area contributed by atoms with Gasteiger partial charge in [0.15, 0.2) is 0 Å². The molecule has 1 N–H and O–H groups in total. The summed E-state index contributed by atoms with van der Waals surface area (Å²) in [6.45, 7) is 1.02. The van der Waals surface area contributed by atoms with Crippen molar-refractivity contribution in [1.82, 2.24) is 4.90 Å². The molecule has 2 heterocycles. The Morgan fingerprint density at radius 3 is 2.94 bits per heavy atom. The second kappa shape index (κ2) is 4.55. The largest absolute Gasteiger partial charge is 0.395 e. The van der Waals surface area contributed by atoms with Crippen LogP contribution in [0.3, 0.4) is 0 Å². The van der Waals surface area contributed by atoms with Crippen molar-refractivity contribution in [3.05, 3.63) is 46.8 Å². The van der Waals surface area contributed by atoms with Gasteiger partial charge in [0.05, 0.1) is 6.61 Å². The SMILES string of the molecule is O=C1c2ccc(-c3cccs3)cc2CN1CCO. The van der Waals surface area contributed by atoms with Crippen LogP contribution in [0.5, 0.6) is 0 Å². The van der Waals surface area contributed by atoms with Crippen molar-refractivity contribution >= 4 is 17.2 Å². The summed E-state index contributed by atoms with van der Waals surface area (Å²) in [5, 5.41) is 11.0. The van der Waals surface area contributed by atoms with Crippen LogP contribution in [-0.2, 0) is 6.54 Å². The number of benzene rings is 1. The lowest BCUT2D eigenvalue weighted by Crippen LogP contribution is -2.26. The maximum atomic E-state index is 12.0. The Kier molecular flexibility index (Phi) is 2.89. The number of hydrogen-bond donors (Lipinski definition) is 1. The first kappa shape index (κ1) is 11.4. The predicted molar refractivity (Wildman–Crippen MR) is 71.6 cm³/mol. The molecule has 18 heavy (non-hydrogen) atoms. The fraction of sp³-hybridized carbons (Fsp3) is 0.214. The molecule has 2 aromatic rings. The number of aliphatic hydroxyl groups is 1. The number of carbonyl (C=O) groups excluding carboxylic acids is 1. The molecule has 0 bridgehead atoms. The van der Waals surface area contributed by atoms with Crippen molar-refractivity contribution in [2.24, 2.45) is 0 Å². The van der Waals surface area contributed by atoms with Crippen molar-refractivity contribution in [2.45, 2.75) is 6.54 Å². The molecule has 1 aliphatic heterocycles. The third-order valence-corrected chi connectivity index (χ3v) is 4.08. The molecule has 0 unspecified atom stereocenters. The molecule has 0 saturated carbocycles. The Hall–Kier alpha value is -1.65. The van der Waals surface area contributed by atoms with Gasteiger partial charge in [-0.2, -0.15) is 0 Å². The fourth-order valence-corrected chi connectivity index (χ4v) is 3.00. The Morgan fingerprint density at radius 1 is 1.33 bits per heavy atom. The average Bonchev–Trinajstić information content (AvgIpc) is 2.99. The Labute approximate surface area is 109 Å². The molecule has 0 aliphatic carbocycles. The van der Waals surface area contributed by atoms with Gasteiger partial charge in [-0.15, -0.1) is 11.3 Å². The predicted octanol–water partition coefficient (Wildman–Crippen LogP) is 2.36. The number of β-amino-alcohol motifs (C(OH)–C–C–N with tert-alkyl or cyclic N) is 1. The first-order chi connectivity index (χ1) is 8.79. The van der Waals surface area contributed by atoms with Crippen LogP contribution in [0.1, 0.15) is 15.9 Å². The van der Waals surface area contributed by atoms with Crippen LogP contribution in [0.2, 0.25) is 0 Å². The van der Waals surface area contributed by atoms with Crippen LogP contribution >= 0.6 is 11.3 Å². The number of fused-ring (bicyclic) bond motifs is 1. The summed E-state index contributed by atoms with van der Waals surface area (Å²) in [5.74, 6) is 0.0248. The molecule has 0 radical (unpaired) electrons. The molecule has 3 rings (SSSR count). The van der Waals surface area contributed by atoms with Crippen LogP contribution in [0.15, 0.2) is 35.7 Å². The van der Waals surface area contributed by atoms with E-state index in [0.29, 0.717) is 13.1 Å². The number of hydrogen-bond acceptors (Lipinski definition) is 3. The standard InChI is InChI=1S/C14H13NO2S/c16-6-5-15-9-11-8-10(13-2-1-7-18-13)3-4-12(11)14(15)17/h1-4,7-8,16H,5-6,9H2. The van der Waals surface area contributed by atoms with Gasteiger partial charge in [-0.05, 0) is 34.7 Å². The van der Waals surface area contributed by atoms with Crippen LogP contribution in [0.25, 0.3) is 10.4 Å². The second-order valence-corrected chi connectivity index (χ2v) is 5.25. The van der Waals surface area contributed by atoms with Crippen molar-refractivity contribution in [2.75, 3.05) is 13.2 Å². The monoisotopic (exact) mass is 259 g/mol. The van der Waals surface area contributed by atoms with Crippen LogP contribution in [-0.4, -0.2) is 29.1 Å². The molecule has 1 aliphatic rings. The summed E-state index contributed by atoms with van der Waals surface area (Å²) in [6.07, 6.45) is 0. The highest BCUT2D eigenvalue weighted by Gasteiger charge is 2.26. The average molecular weight is 259 g/mol. The highest BCUT2D eigenvalue weighted by Crippen LogP contribution is 2.30. The van der Waals surface area contributed by atoms with Crippen LogP contribution in [0, 0.1) is 0 Å². The third kappa shape index (κ3) is 1.83. The zero-order valence-corrected chi connectivity index (χ0v) is 10.6. The van der Waals surface area contributed by atoms with Crippen molar-refractivity contribution in [3.8, 4) is 10.4 Å². The van der Waals surface area contributed by atoms with E-state index >= 15 is 0 Å². The molecule has 1 amide bonds. The fourth-order valence-electron chi connectivity index (χ4n) is 2.28. The minimum Gasteiger partial charge on any atom is -0.395 e. The first-order valence-electron chi connectivity index (χ1n) is 5.86. The minimum absolute atomic E-state index is 0.0114. The summed E-state index contributed by atoms with van der Waals surface area (Å²) in [5.41, 5.74) is 2.98. The third-order valence-electron chi connectivity index (χ3n) is 3.16. The second-order valence-electron chi connectivity index (χ2n) is 4.30. The molecule has 92 valence electrons. The number of nitrogens with zero attached hydrogens (tertiary/aromatic N) is 1. The number of amides is 1. The molecule has 0 spiro atoms. The smallest absolute Gasteiger partial charge is 0.254 e. The van der Waals surface area contributed by atoms with E-state index in [2.05, 4.69) is 12.1 Å². The van der Waals surface area contributed by atoms with E-state index in [1.165, 1.54) is 4.88 Å². The van der Waals surface area contributed by atoms with E-state index < -0.39 is 0 Å². The molecule has 3 nitrogen and oxygen atoms in total. The molecule has 0 atom stereocenters. The molecule has 0 saturated heterocycles. The maximum absolute atomic E-state index is 12.0. The lowest BCUT2D eigenvalue weighted by Gasteiger charge is -2.12. The summed E-state index contributed by atoms with van der Waals surface area (Å²) in [6, 6.07) is 10.1. The molecule has 1 aromatic carbocycles. The van der Waals surface area contributed by atoms with E-state index in [1.54, 1.807) is 16.2 Å². The Balaban J connectivity index is 1.95. The summed E-state index contributed by atoms with van der Waals surface area (Å²) < 4.78 is 0. The van der Waals surface area contributed by atoms with Gasteiger partial charge in [-0.3, -0.25) is 4.79 Å². The van der Waals surface area contributed by atoms with Gasteiger partial charge in [-0.25, -0.2) is 0 Å². The summed E-state index contributed by atoms with van der Waals surface area (Å²) in [7, 11) is 0. The van der Waals surface area contributed by atoms with E-state index in [4.69, 9.17) is 5.11 Å². The Bertz CT molecular complexity index is 577. The van der Waals surface area contributed by atoms with Crippen LogP contribution in [0.4, 0.5) is 0 Å². The zero-order valence-electron chi connectivity index (χ0n) is 9.80. The summed E-state index contributed by atoms with van der Waals surface area (Å²) >= 11 is 1.69. The minimum atomic E-state index is 0.0114. The molecular weight excluding hydrogens is 246 g/mol. The molecule has 0 fully saturated rings. The molecular formula is C14H13NO2S. The number of aliphatic hydroxyl groups excluding tert-OH is 1. The van der Waals surface area contributed by atoms with E-state index in [1.807, 2.05) is 23.6 Å². The van der Waals surface area contributed by atoms with E-state index in [9.17, 15) is 4.79 Å². The molecule has 1 aromatic heterocycles. The van der Waals surface area contributed by atoms with Gasteiger partial charge in [0.1, 0.15) is 0 Å². The lowest BCUT2D eigenvalue weighted by molar-refractivity contribution is 0.0745. The van der Waals surface area contributed by atoms with Gasteiger partial charge in [0.2, 0.25) is 0 Å². The number of rotatable bonds is 3. The highest BCUT2D eigenvalue weighted by atomic mass is 32.1. The van der Waals surface area contributed by atoms with E-state index in [-0.39, 0.29) is 12.5 Å². The lowest BCUT2D eigenvalue weighted by atomic mass is 10.1. The van der Waals surface area contributed by atoms with Gasteiger partial charge < -0.3 is 10.0 Å². The van der Waals surface area contributed by atoms with Gasteiger partial charge >= 0.3 is 0 Å². The molecule has 4 heteroatoms. The number of carbonyl (C=O) groups is 1. The maximum Gasteiger partial charge on any atom is 0.254 e. The summed E-state index contributed by atoms with van der Waals surface area (Å²) in [4.78, 5) is 14.9. The van der Waals surface area contributed by atoms with E-state index in [0.717, 1.165) is 16.7 Å². The zero-order chi connectivity index (χ0) is 12.5. The number of thiophene rings is 1. The van der Waals surface area contributed by atoms with Crippen molar-refractivity contribution in [1.29, 1.82) is 0 Å². The quantitative estimate of drug-likeness (QED) is 0.919. The normalized spacial score (nSPS) is 14.1. The van der Waals surface area contributed by atoms with Crippen molar-refractivity contribution in [3.63, 3.8) is 0 Å². The van der Waals surface area contributed by atoms with Gasteiger partial charge in [0.25, 0.3) is 5.91 Å².